The van der Waals surface area contributed by atoms with Gasteiger partial charge in [-0.05, 0) is 40.6 Å². The first-order valence-electron chi connectivity index (χ1n) is 5.54. The van der Waals surface area contributed by atoms with Crippen LogP contribution in [0.25, 0.3) is 0 Å². The predicted molar refractivity (Wildman–Crippen MR) is 76.2 cm³/mol. The Morgan fingerprint density at radius 1 is 1.35 bits per heavy atom. The van der Waals surface area contributed by atoms with E-state index >= 15 is 0 Å². The lowest BCUT2D eigenvalue weighted by Crippen LogP contribution is -2.25. The highest BCUT2D eigenvalue weighted by molar-refractivity contribution is 7.89. The van der Waals surface area contributed by atoms with Crippen molar-refractivity contribution in [1.82, 2.24) is 4.72 Å². The number of hydrogen-bond acceptors (Lipinski definition) is 5. The molecule has 0 saturated heterocycles. The highest BCUT2D eigenvalue weighted by atomic mass is 32.2. The van der Waals surface area contributed by atoms with Crippen molar-refractivity contribution >= 4 is 33.0 Å². The lowest BCUT2D eigenvalue weighted by Gasteiger charge is -2.09. The molecule has 2 rings (SSSR count). The second-order valence-electron chi connectivity index (χ2n) is 4.02. The number of rotatable bonds is 5. The number of anilines is 1. The number of nitrogen functional groups attached to an aromatic ring is 1. The number of thiophene rings is 1. The van der Waals surface area contributed by atoms with Crippen molar-refractivity contribution < 1.29 is 18.3 Å². The number of carboxylic acids is 1. The zero-order valence-corrected chi connectivity index (χ0v) is 11.9. The van der Waals surface area contributed by atoms with Gasteiger partial charge in [0.25, 0.3) is 0 Å². The molecule has 1 aromatic heterocycles. The fourth-order valence-corrected chi connectivity index (χ4v) is 3.50. The van der Waals surface area contributed by atoms with Gasteiger partial charge in [-0.15, -0.1) is 0 Å². The van der Waals surface area contributed by atoms with Gasteiger partial charge < -0.3 is 10.8 Å². The Balaban J connectivity index is 2.33. The molecule has 0 unspecified atom stereocenters. The Labute approximate surface area is 119 Å². The molecular weight excluding hydrogens is 300 g/mol. The van der Waals surface area contributed by atoms with Crippen LogP contribution in [0.1, 0.15) is 15.9 Å². The molecule has 1 heterocycles. The molecule has 0 atom stereocenters. The third-order valence-electron chi connectivity index (χ3n) is 2.57. The summed E-state index contributed by atoms with van der Waals surface area (Å²) in [4.78, 5) is 10.7. The van der Waals surface area contributed by atoms with Gasteiger partial charge in [0.2, 0.25) is 10.0 Å². The Bertz CT molecular complexity index is 724. The summed E-state index contributed by atoms with van der Waals surface area (Å²) in [7, 11) is -3.94. The smallest absolute Gasteiger partial charge is 0.337 e. The SMILES string of the molecule is Nc1ccc(C(=O)O)c(S(=O)(=O)NCc2ccsc2)c1. The van der Waals surface area contributed by atoms with Crippen LogP contribution >= 0.6 is 11.3 Å². The van der Waals surface area contributed by atoms with Crippen molar-refractivity contribution in [2.45, 2.75) is 11.4 Å². The Morgan fingerprint density at radius 2 is 2.10 bits per heavy atom. The molecule has 6 nitrogen and oxygen atoms in total. The summed E-state index contributed by atoms with van der Waals surface area (Å²) in [6, 6.07) is 5.45. The second-order valence-corrected chi connectivity index (χ2v) is 6.53. The molecular formula is C12H12N2O4S2. The van der Waals surface area contributed by atoms with Gasteiger partial charge in [0, 0.05) is 12.2 Å². The highest BCUT2D eigenvalue weighted by Crippen LogP contribution is 2.19. The van der Waals surface area contributed by atoms with E-state index in [4.69, 9.17) is 10.8 Å². The fourth-order valence-electron chi connectivity index (χ4n) is 1.59. The molecule has 0 amide bonds. The van der Waals surface area contributed by atoms with Crippen molar-refractivity contribution in [2.24, 2.45) is 0 Å². The van der Waals surface area contributed by atoms with Gasteiger partial charge in [0.05, 0.1) is 10.5 Å². The predicted octanol–water partition coefficient (Wildman–Crippen LogP) is 1.51. The third-order valence-corrected chi connectivity index (χ3v) is 4.75. The molecule has 0 spiro atoms. The van der Waals surface area contributed by atoms with Crippen LogP contribution in [-0.4, -0.2) is 19.5 Å². The van der Waals surface area contributed by atoms with Crippen molar-refractivity contribution in [1.29, 1.82) is 0 Å². The molecule has 4 N–H and O–H groups in total. The summed E-state index contributed by atoms with van der Waals surface area (Å²) in [6.07, 6.45) is 0. The Kier molecular flexibility index (Phi) is 4.07. The fraction of sp³-hybridized carbons (Fsp3) is 0.0833. The minimum atomic E-state index is -3.94. The van der Waals surface area contributed by atoms with Crippen molar-refractivity contribution in [3.63, 3.8) is 0 Å². The van der Waals surface area contributed by atoms with Gasteiger partial charge in [0.1, 0.15) is 0 Å². The topological polar surface area (TPSA) is 109 Å². The first-order valence-corrected chi connectivity index (χ1v) is 7.96. The minimum absolute atomic E-state index is 0.0969. The van der Waals surface area contributed by atoms with Crippen LogP contribution in [0.2, 0.25) is 0 Å². The summed E-state index contributed by atoms with van der Waals surface area (Å²) in [5.74, 6) is -1.32. The van der Waals surface area contributed by atoms with E-state index in [9.17, 15) is 13.2 Å². The summed E-state index contributed by atoms with van der Waals surface area (Å²) in [5.41, 5.74) is 6.21. The standard InChI is InChI=1S/C12H12N2O4S2/c13-9-1-2-10(12(15)16)11(5-9)20(17,18)14-6-8-3-4-19-7-8/h1-5,7,14H,6,13H2,(H,15,16). The molecule has 0 bridgehead atoms. The third kappa shape index (κ3) is 3.16. The molecule has 106 valence electrons. The Hall–Kier alpha value is -1.90. The number of nitrogens with two attached hydrogens (primary N) is 1. The lowest BCUT2D eigenvalue weighted by atomic mass is 10.2. The van der Waals surface area contributed by atoms with E-state index in [1.165, 1.54) is 23.5 Å². The summed E-state index contributed by atoms with van der Waals surface area (Å²) >= 11 is 1.45. The number of hydrogen-bond donors (Lipinski definition) is 3. The molecule has 2 aromatic rings. The van der Waals surface area contributed by atoms with Crippen LogP contribution in [0.15, 0.2) is 39.9 Å². The molecule has 0 aliphatic heterocycles. The van der Waals surface area contributed by atoms with E-state index in [1.807, 2.05) is 5.38 Å². The van der Waals surface area contributed by atoms with Gasteiger partial charge in [-0.3, -0.25) is 0 Å². The minimum Gasteiger partial charge on any atom is -0.478 e. The van der Waals surface area contributed by atoms with Crippen LogP contribution in [0, 0.1) is 0 Å². The van der Waals surface area contributed by atoms with E-state index in [-0.39, 0.29) is 22.7 Å². The number of aromatic carboxylic acids is 1. The van der Waals surface area contributed by atoms with Crippen LogP contribution in [0.4, 0.5) is 5.69 Å². The maximum Gasteiger partial charge on any atom is 0.337 e. The van der Waals surface area contributed by atoms with Crippen LogP contribution in [0.3, 0.4) is 0 Å². The monoisotopic (exact) mass is 312 g/mol. The van der Waals surface area contributed by atoms with E-state index in [1.54, 1.807) is 11.4 Å². The average Bonchev–Trinajstić information content (AvgIpc) is 2.89. The number of nitrogens with one attached hydrogen (secondary N) is 1. The molecule has 1 aromatic carbocycles. The molecule has 0 radical (unpaired) electrons. The van der Waals surface area contributed by atoms with Crippen LogP contribution in [0.5, 0.6) is 0 Å². The maximum atomic E-state index is 12.2. The first-order chi connectivity index (χ1) is 9.40. The zero-order valence-electron chi connectivity index (χ0n) is 10.2. The molecule has 0 saturated carbocycles. The normalized spacial score (nSPS) is 11.4. The molecule has 20 heavy (non-hydrogen) atoms. The van der Waals surface area contributed by atoms with Gasteiger partial charge in [0.15, 0.2) is 0 Å². The van der Waals surface area contributed by atoms with Gasteiger partial charge in [-0.1, -0.05) is 0 Å². The average molecular weight is 312 g/mol. The Morgan fingerprint density at radius 3 is 2.70 bits per heavy atom. The van der Waals surface area contributed by atoms with Crippen LogP contribution < -0.4 is 10.5 Å². The lowest BCUT2D eigenvalue weighted by molar-refractivity contribution is 0.0692. The van der Waals surface area contributed by atoms with E-state index in [0.29, 0.717) is 0 Å². The first kappa shape index (κ1) is 14.5. The summed E-state index contributed by atoms with van der Waals surface area (Å²) < 4.78 is 26.7. The van der Waals surface area contributed by atoms with E-state index in [0.717, 1.165) is 11.6 Å². The maximum absolute atomic E-state index is 12.2. The molecule has 0 aliphatic carbocycles. The number of carboxylic acid groups (broad SMARTS) is 1. The molecule has 0 fully saturated rings. The largest absolute Gasteiger partial charge is 0.478 e. The summed E-state index contributed by atoms with van der Waals surface area (Å²) in [6.45, 7) is 0.0969. The van der Waals surface area contributed by atoms with Crippen molar-refractivity contribution in [3.05, 3.63) is 46.2 Å². The van der Waals surface area contributed by atoms with Crippen molar-refractivity contribution in [2.75, 3.05) is 5.73 Å². The van der Waals surface area contributed by atoms with E-state index in [2.05, 4.69) is 4.72 Å². The second kappa shape index (κ2) is 5.61. The molecule has 8 heteroatoms. The molecule has 0 aliphatic rings. The van der Waals surface area contributed by atoms with Gasteiger partial charge >= 0.3 is 5.97 Å². The number of benzene rings is 1. The van der Waals surface area contributed by atoms with Gasteiger partial charge in [-0.2, -0.15) is 11.3 Å². The van der Waals surface area contributed by atoms with Crippen molar-refractivity contribution in [3.8, 4) is 0 Å². The zero-order chi connectivity index (χ0) is 14.8. The quantitative estimate of drug-likeness (QED) is 0.725. The highest BCUT2D eigenvalue weighted by Gasteiger charge is 2.22. The number of sulfonamides is 1. The summed E-state index contributed by atoms with van der Waals surface area (Å²) in [5, 5.41) is 12.7. The van der Waals surface area contributed by atoms with Crippen LogP contribution in [-0.2, 0) is 16.6 Å². The van der Waals surface area contributed by atoms with E-state index < -0.39 is 16.0 Å². The van der Waals surface area contributed by atoms with Gasteiger partial charge in [-0.25, -0.2) is 17.9 Å². The number of carbonyl (C=O) groups is 1.